The number of imidazole rings is 1. The third-order valence-corrected chi connectivity index (χ3v) is 8.28. The monoisotopic (exact) mass is 662 g/mol. The lowest BCUT2D eigenvalue weighted by molar-refractivity contribution is -0.0398. The number of hydrogen-bond donors (Lipinski definition) is 4. The molecule has 10 atom stereocenters. The number of nitrogen functional groups attached to an aromatic ring is 1. The van der Waals surface area contributed by atoms with Crippen LogP contribution in [0.4, 0.5) is 14.7 Å². The highest BCUT2D eigenvalue weighted by Crippen LogP contribution is 2.40. The summed E-state index contributed by atoms with van der Waals surface area (Å²) in [6.07, 6.45) is -4.28. The van der Waals surface area contributed by atoms with Crippen LogP contribution in [-0.4, -0.2) is 84.5 Å². The molecular formula is C22H26F2N8O8P2S. The molecule has 0 saturated carbocycles. The lowest BCUT2D eigenvalue weighted by Crippen LogP contribution is -2.30. The predicted octanol–water partition coefficient (Wildman–Crippen LogP) is 1.11. The zero-order valence-electron chi connectivity index (χ0n) is 21.9. The highest BCUT2D eigenvalue weighted by molar-refractivity contribution is 7.75. The molecule has 16 nitrogen and oxygen atoms in total. The first-order chi connectivity index (χ1) is 20.8. The third-order valence-electron chi connectivity index (χ3n) is 7.27. The summed E-state index contributed by atoms with van der Waals surface area (Å²) in [4.78, 5) is 41.2. The van der Waals surface area contributed by atoms with Crippen LogP contribution in [0.1, 0.15) is 12.5 Å². The zero-order valence-corrected chi connectivity index (χ0v) is 25.0. The van der Waals surface area contributed by atoms with Crippen LogP contribution in [0.2, 0.25) is 0 Å². The van der Waals surface area contributed by atoms with E-state index in [4.69, 9.17) is 33.0 Å². The number of anilines is 1. The number of thiol groups is 1. The smallest absolute Gasteiger partial charge is 0.280 e. The summed E-state index contributed by atoms with van der Waals surface area (Å²) in [5.41, 5.74) is 5.09. The Morgan fingerprint density at radius 3 is 2.63 bits per heavy atom. The average molecular weight is 663 g/mol. The molecule has 2 saturated heterocycles. The van der Waals surface area contributed by atoms with E-state index in [0.29, 0.717) is 5.39 Å². The molecule has 21 heteroatoms. The molecule has 2 aliphatic rings. The fourth-order valence-corrected chi connectivity index (χ4v) is 6.20. The molecule has 6 rings (SSSR count). The summed E-state index contributed by atoms with van der Waals surface area (Å²) < 4.78 is 66.8. The van der Waals surface area contributed by atoms with Crippen LogP contribution in [0.3, 0.4) is 0 Å². The van der Waals surface area contributed by atoms with Crippen molar-refractivity contribution in [3.05, 3.63) is 45.6 Å². The van der Waals surface area contributed by atoms with Crippen LogP contribution in [-0.2, 0) is 27.2 Å². The summed E-state index contributed by atoms with van der Waals surface area (Å²) in [6.45, 7) is -0.266. The maximum Gasteiger partial charge on any atom is 0.280 e. The Morgan fingerprint density at radius 1 is 1.05 bits per heavy atom. The van der Waals surface area contributed by atoms with Crippen LogP contribution >= 0.6 is 31.4 Å². The van der Waals surface area contributed by atoms with Gasteiger partial charge in [-0.2, -0.15) is 4.98 Å². The van der Waals surface area contributed by atoms with Crippen LogP contribution in [0.15, 0.2) is 34.5 Å². The molecule has 4 N–H and O–H groups in total. The second kappa shape index (κ2) is 12.8. The molecule has 2 aliphatic heterocycles. The van der Waals surface area contributed by atoms with Crippen molar-refractivity contribution in [2.24, 2.45) is 5.92 Å². The lowest BCUT2D eigenvalue weighted by Gasteiger charge is -2.19. The van der Waals surface area contributed by atoms with Crippen molar-refractivity contribution in [3.63, 3.8) is 0 Å². The molecule has 0 aliphatic carbocycles. The Labute approximate surface area is 249 Å². The minimum absolute atomic E-state index is 0.00902. The van der Waals surface area contributed by atoms with E-state index < -0.39 is 63.6 Å². The first kappa shape index (κ1) is 30.4. The van der Waals surface area contributed by atoms with E-state index in [-0.39, 0.29) is 48.1 Å². The van der Waals surface area contributed by atoms with Gasteiger partial charge in [0.05, 0.1) is 44.0 Å². The number of alkyl halides is 2. The van der Waals surface area contributed by atoms with Crippen molar-refractivity contribution in [2.75, 3.05) is 25.6 Å². The Balaban J connectivity index is 1.06. The van der Waals surface area contributed by atoms with E-state index in [1.807, 2.05) is 0 Å². The van der Waals surface area contributed by atoms with Crippen molar-refractivity contribution < 1.29 is 36.0 Å². The van der Waals surface area contributed by atoms with Crippen molar-refractivity contribution >= 4 is 59.6 Å². The maximum absolute atomic E-state index is 15.7. The number of hydrogen-bond acceptors (Lipinski definition) is 13. The van der Waals surface area contributed by atoms with Gasteiger partial charge in [0.25, 0.3) is 11.1 Å². The number of nitrogens with two attached hydrogens (primary N) is 1. The molecule has 0 amide bonds. The number of ether oxygens (including phenoxy) is 2. The van der Waals surface area contributed by atoms with Gasteiger partial charge in [0.1, 0.15) is 11.8 Å². The third kappa shape index (κ3) is 5.69. The normalized spacial score (nSPS) is 29.6. The minimum Gasteiger partial charge on any atom is -0.369 e. The van der Waals surface area contributed by atoms with Crippen molar-refractivity contribution in [1.29, 1.82) is 0 Å². The number of aromatic amines is 2. The zero-order chi connectivity index (χ0) is 30.2. The number of rotatable bonds is 11. The molecule has 43 heavy (non-hydrogen) atoms. The Morgan fingerprint density at radius 2 is 1.84 bits per heavy atom. The van der Waals surface area contributed by atoms with Gasteiger partial charge in [-0.1, -0.05) is 0 Å². The molecule has 232 valence electrons. The standard InChI is InChI=1S/C22H26F2N8O8P2S/c23-12-9(10(4-35-41)38-20(12)31-2-1-8-16(31)26-6-27-18(8)33)3-36-42-37-5-11-13(24)15(40-43)21(39-11)32-7-28-14-17(32)29-22(25)30-19(14)34/h1-2,6-7,9-13,15,20-21,42-43H,3-5,41H2,(H,26,27,33)(H3,25,29,30,34)/t9-,10-,11-,12+,13-,15-,20-,21-/m1/s1. The molecule has 4 aromatic heterocycles. The summed E-state index contributed by atoms with van der Waals surface area (Å²) >= 11 is 3.79. The number of aromatic nitrogens is 7. The van der Waals surface area contributed by atoms with Crippen LogP contribution in [0.5, 0.6) is 0 Å². The topological polar surface area (TPSA) is 196 Å². The summed E-state index contributed by atoms with van der Waals surface area (Å²) in [5, 5.41) is 0.301. The van der Waals surface area contributed by atoms with Crippen molar-refractivity contribution in [3.8, 4) is 0 Å². The molecule has 4 aromatic rings. The summed E-state index contributed by atoms with van der Waals surface area (Å²) in [6, 6.07) is 1.54. The molecule has 0 bridgehead atoms. The predicted molar refractivity (Wildman–Crippen MR) is 154 cm³/mol. The van der Waals surface area contributed by atoms with Gasteiger partial charge in [0.15, 0.2) is 51.1 Å². The van der Waals surface area contributed by atoms with E-state index in [9.17, 15) is 9.59 Å². The van der Waals surface area contributed by atoms with E-state index in [2.05, 4.69) is 47.3 Å². The fourth-order valence-electron chi connectivity index (χ4n) is 5.22. The number of nitrogens with one attached hydrogen (secondary N) is 2. The Kier molecular flexibility index (Phi) is 9.05. The van der Waals surface area contributed by atoms with Crippen molar-refractivity contribution in [1.82, 2.24) is 34.1 Å². The largest absolute Gasteiger partial charge is 0.369 e. The highest BCUT2D eigenvalue weighted by atomic mass is 32.1. The van der Waals surface area contributed by atoms with Crippen LogP contribution in [0.25, 0.3) is 22.2 Å². The number of halogens is 2. The quantitative estimate of drug-likeness (QED) is 0.0774. The van der Waals surface area contributed by atoms with Gasteiger partial charge in [-0.3, -0.25) is 19.1 Å². The molecule has 2 fully saturated rings. The molecule has 2 unspecified atom stereocenters. The fraction of sp³-hybridized carbons (Fsp3) is 0.500. The van der Waals surface area contributed by atoms with E-state index >= 15 is 8.78 Å². The van der Waals surface area contributed by atoms with Gasteiger partial charge in [-0.15, -0.1) is 0 Å². The average Bonchev–Trinajstić information content (AvgIpc) is 3.74. The maximum atomic E-state index is 15.7. The summed E-state index contributed by atoms with van der Waals surface area (Å²) in [5.74, 6) is -0.896. The van der Waals surface area contributed by atoms with Gasteiger partial charge >= 0.3 is 0 Å². The van der Waals surface area contributed by atoms with E-state index in [1.165, 1.54) is 34.1 Å². The molecule has 6 heterocycles. The van der Waals surface area contributed by atoms with Gasteiger partial charge in [-0.25, -0.2) is 18.7 Å². The minimum atomic E-state index is -1.68. The SMILES string of the molecule is Nc1nc2c(ncn2[C@@H]2O[C@H](COPOC[C@H]3[C@H](F)[C@H](n4ccc5c(=O)[nH]cnc54)O[C@@H]3COP)[C@@H](F)[C@H]2OS)c(=O)[nH]1. The van der Waals surface area contributed by atoms with E-state index in [1.54, 1.807) is 0 Å². The Hall–Kier alpha value is -2.60. The molecule has 0 aromatic carbocycles. The number of H-pyrrole nitrogens is 2. The Bertz CT molecular complexity index is 1710. The first-order valence-electron chi connectivity index (χ1n) is 12.8. The molecular weight excluding hydrogens is 636 g/mol. The van der Waals surface area contributed by atoms with Gasteiger partial charge in [-0.05, 0) is 19.0 Å². The second-order valence-electron chi connectivity index (χ2n) is 9.76. The number of nitrogens with zero attached hydrogens (tertiary/aromatic N) is 5. The highest BCUT2D eigenvalue weighted by Gasteiger charge is 2.48. The summed E-state index contributed by atoms with van der Waals surface area (Å²) in [7, 11) is 1.51. The second-order valence-corrected chi connectivity index (χ2v) is 11.0. The number of fused-ring (bicyclic) bond motifs is 2. The first-order valence-corrected chi connectivity index (χ1v) is 14.4. The molecule has 0 spiro atoms. The van der Waals surface area contributed by atoms with Gasteiger partial charge < -0.3 is 42.5 Å². The molecule has 0 radical (unpaired) electrons. The van der Waals surface area contributed by atoms with Crippen LogP contribution in [0, 0.1) is 5.92 Å². The van der Waals surface area contributed by atoms with E-state index in [0.717, 1.165) is 0 Å². The van der Waals surface area contributed by atoms with Gasteiger partial charge in [0, 0.05) is 21.6 Å². The van der Waals surface area contributed by atoms with Crippen molar-refractivity contribution in [2.45, 2.75) is 43.1 Å². The van der Waals surface area contributed by atoms with Crippen LogP contribution < -0.4 is 16.9 Å². The lowest BCUT2D eigenvalue weighted by atomic mass is 10.0. The van der Waals surface area contributed by atoms with Gasteiger partial charge in [0.2, 0.25) is 5.95 Å².